The zero-order chi connectivity index (χ0) is 29.7. The van der Waals surface area contributed by atoms with Crippen molar-refractivity contribution in [1.29, 1.82) is 0 Å². The van der Waals surface area contributed by atoms with E-state index in [1.807, 2.05) is 60.7 Å². The molecule has 0 saturated heterocycles. The average Bonchev–Trinajstić information content (AvgIpc) is 2.94. The fraction of sp³-hybridized carbons (Fsp3) is 0.613. The van der Waals surface area contributed by atoms with Crippen LogP contribution < -0.4 is 0 Å². The summed E-state index contributed by atoms with van der Waals surface area (Å²) in [4.78, 5) is 0. The predicted octanol–water partition coefficient (Wildman–Crippen LogP) is 2.26. The van der Waals surface area contributed by atoms with Gasteiger partial charge in [0.2, 0.25) is 0 Å². The highest BCUT2D eigenvalue weighted by molar-refractivity contribution is 5.14. The molecule has 2 aromatic carbocycles. The maximum absolute atomic E-state index is 10.5. The van der Waals surface area contributed by atoms with Crippen LogP contribution >= 0.6 is 0 Å². The van der Waals surface area contributed by atoms with Crippen molar-refractivity contribution in [2.24, 2.45) is 0 Å². The van der Waals surface area contributed by atoms with Crippen molar-refractivity contribution in [2.45, 2.75) is 94.8 Å². The van der Waals surface area contributed by atoms with Gasteiger partial charge < -0.3 is 49.6 Å². The Bertz CT molecular complexity index is 800. The van der Waals surface area contributed by atoms with Crippen LogP contribution in [0.25, 0.3) is 0 Å². The SMILES string of the molecule is OCC[C@H](C[C@H](O)C[C@H](O)C[C@@H](O)C[C@@H](O)C[C@@H](CCO)OCOCc1ccccc1)OCOCc1ccccc1. The molecule has 0 aromatic heterocycles. The smallest absolute Gasteiger partial charge is 0.147 e. The Morgan fingerprint density at radius 1 is 0.488 bits per heavy atom. The number of rotatable bonds is 24. The van der Waals surface area contributed by atoms with E-state index in [0.29, 0.717) is 26.1 Å². The lowest BCUT2D eigenvalue weighted by molar-refractivity contribution is -0.113. The van der Waals surface area contributed by atoms with Gasteiger partial charge in [0.15, 0.2) is 0 Å². The summed E-state index contributed by atoms with van der Waals surface area (Å²) in [6.07, 6.45) is -3.71. The standard InChI is InChI=1S/C31H48O10/c32-13-11-30(40-22-38-20-24-7-3-1-4-8-24)18-28(36)16-26(34)15-27(35)17-29(37)19-31(12-14-33)41-23-39-21-25-9-5-2-6-10-25/h1-10,26-37H,11-23H2/t26-,27-,28-,29-,30-,31-/m1/s1. The van der Waals surface area contributed by atoms with Gasteiger partial charge in [0, 0.05) is 13.2 Å². The van der Waals surface area contributed by atoms with Gasteiger partial charge in [-0.15, -0.1) is 0 Å². The molecule has 10 heteroatoms. The zero-order valence-corrected chi connectivity index (χ0v) is 23.7. The molecule has 6 N–H and O–H groups in total. The van der Waals surface area contributed by atoms with Crippen molar-refractivity contribution in [1.82, 2.24) is 0 Å². The fourth-order valence-electron chi connectivity index (χ4n) is 4.52. The molecule has 0 spiro atoms. The van der Waals surface area contributed by atoms with Crippen LogP contribution in [0, 0.1) is 0 Å². The van der Waals surface area contributed by atoms with E-state index in [4.69, 9.17) is 18.9 Å². The molecule has 6 atom stereocenters. The van der Waals surface area contributed by atoms with Crippen molar-refractivity contribution in [3.05, 3.63) is 71.8 Å². The average molecular weight is 581 g/mol. The topological polar surface area (TPSA) is 158 Å². The van der Waals surface area contributed by atoms with Gasteiger partial charge in [-0.3, -0.25) is 0 Å². The summed E-state index contributed by atoms with van der Waals surface area (Å²) in [5.41, 5.74) is 2.01. The highest BCUT2D eigenvalue weighted by Gasteiger charge is 2.23. The molecule has 0 heterocycles. The Morgan fingerprint density at radius 3 is 1.17 bits per heavy atom. The summed E-state index contributed by atoms with van der Waals surface area (Å²) in [7, 11) is 0. The first-order chi connectivity index (χ1) is 19.9. The minimum absolute atomic E-state index is 0.00553. The molecule has 2 aromatic rings. The molecular weight excluding hydrogens is 532 g/mol. The molecule has 0 unspecified atom stereocenters. The largest absolute Gasteiger partial charge is 0.396 e. The van der Waals surface area contributed by atoms with Crippen molar-refractivity contribution in [3.8, 4) is 0 Å². The summed E-state index contributed by atoms with van der Waals surface area (Å²) < 4.78 is 22.4. The predicted molar refractivity (Wildman–Crippen MR) is 152 cm³/mol. The second kappa shape index (κ2) is 21.7. The minimum atomic E-state index is -0.993. The van der Waals surface area contributed by atoms with E-state index in [9.17, 15) is 30.6 Å². The van der Waals surface area contributed by atoms with Crippen LogP contribution in [0.4, 0.5) is 0 Å². The van der Waals surface area contributed by atoms with Gasteiger partial charge >= 0.3 is 0 Å². The molecule has 2 rings (SSSR count). The molecule has 0 radical (unpaired) electrons. The third-order valence-corrected chi connectivity index (χ3v) is 6.60. The van der Waals surface area contributed by atoms with E-state index in [0.717, 1.165) is 11.1 Å². The zero-order valence-electron chi connectivity index (χ0n) is 23.7. The lowest BCUT2D eigenvalue weighted by atomic mass is 9.96. The van der Waals surface area contributed by atoms with Crippen LogP contribution in [-0.2, 0) is 32.2 Å². The first kappa shape index (κ1) is 35.2. The molecule has 0 saturated carbocycles. The molecule has 0 aliphatic rings. The quantitative estimate of drug-likeness (QED) is 0.0804. The van der Waals surface area contributed by atoms with Gasteiger partial charge in [-0.2, -0.15) is 0 Å². The van der Waals surface area contributed by atoms with Gasteiger partial charge in [0.05, 0.1) is 49.8 Å². The van der Waals surface area contributed by atoms with Crippen LogP contribution in [0.15, 0.2) is 60.7 Å². The molecule has 0 bridgehead atoms. The molecular formula is C31H48O10. The summed E-state index contributed by atoms with van der Waals surface area (Å²) in [6, 6.07) is 19.3. The second-order valence-corrected chi connectivity index (χ2v) is 10.3. The van der Waals surface area contributed by atoms with E-state index in [1.54, 1.807) is 0 Å². The van der Waals surface area contributed by atoms with Crippen LogP contribution in [-0.4, -0.2) is 94.1 Å². The van der Waals surface area contributed by atoms with Gasteiger partial charge in [-0.05, 0) is 56.1 Å². The fourth-order valence-corrected chi connectivity index (χ4v) is 4.52. The highest BCUT2D eigenvalue weighted by atomic mass is 16.7. The Labute approximate surface area is 243 Å². The summed E-state index contributed by atoms with van der Waals surface area (Å²) >= 11 is 0. The molecule has 0 fully saturated rings. The first-order valence-corrected chi connectivity index (χ1v) is 14.3. The van der Waals surface area contributed by atoms with E-state index < -0.39 is 36.6 Å². The van der Waals surface area contributed by atoms with Gasteiger partial charge in [0.1, 0.15) is 13.6 Å². The van der Waals surface area contributed by atoms with E-state index >= 15 is 0 Å². The van der Waals surface area contributed by atoms with E-state index in [1.165, 1.54) is 0 Å². The normalized spacial score (nSPS) is 16.1. The Balaban J connectivity index is 1.64. The van der Waals surface area contributed by atoms with Crippen molar-refractivity contribution in [2.75, 3.05) is 26.8 Å². The number of hydrogen-bond acceptors (Lipinski definition) is 10. The molecule has 10 nitrogen and oxygen atoms in total. The number of ether oxygens (including phenoxy) is 4. The van der Waals surface area contributed by atoms with E-state index in [2.05, 4.69) is 0 Å². The first-order valence-electron chi connectivity index (χ1n) is 14.3. The second-order valence-electron chi connectivity index (χ2n) is 10.3. The minimum Gasteiger partial charge on any atom is -0.396 e. The number of aliphatic hydroxyl groups is 6. The van der Waals surface area contributed by atoms with Crippen LogP contribution in [0.5, 0.6) is 0 Å². The maximum Gasteiger partial charge on any atom is 0.147 e. The maximum atomic E-state index is 10.5. The van der Waals surface area contributed by atoms with Crippen LogP contribution in [0.3, 0.4) is 0 Å². The number of benzene rings is 2. The highest BCUT2D eigenvalue weighted by Crippen LogP contribution is 2.18. The summed E-state index contributed by atoms with van der Waals surface area (Å²) in [5.74, 6) is 0. The monoisotopic (exact) mass is 580 g/mol. The summed E-state index contributed by atoms with van der Waals surface area (Å²) in [6.45, 7) is 0.543. The number of aliphatic hydroxyl groups excluding tert-OH is 6. The summed E-state index contributed by atoms with van der Waals surface area (Å²) in [5, 5.41) is 60.4. The molecule has 0 aliphatic heterocycles. The Kier molecular flexibility index (Phi) is 18.7. The van der Waals surface area contributed by atoms with Gasteiger partial charge in [-0.1, -0.05) is 60.7 Å². The lowest BCUT2D eigenvalue weighted by Gasteiger charge is -2.24. The van der Waals surface area contributed by atoms with E-state index in [-0.39, 0.29) is 58.9 Å². The Hall–Kier alpha value is -1.96. The van der Waals surface area contributed by atoms with Crippen LogP contribution in [0.1, 0.15) is 56.1 Å². The van der Waals surface area contributed by atoms with Crippen molar-refractivity contribution in [3.63, 3.8) is 0 Å². The van der Waals surface area contributed by atoms with Crippen LogP contribution in [0.2, 0.25) is 0 Å². The number of hydrogen-bond donors (Lipinski definition) is 6. The third-order valence-electron chi connectivity index (χ3n) is 6.60. The molecule has 0 aliphatic carbocycles. The lowest BCUT2D eigenvalue weighted by Crippen LogP contribution is -2.30. The van der Waals surface area contributed by atoms with Crippen molar-refractivity contribution >= 4 is 0 Å². The third kappa shape index (κ3) is 16.9. The van der Waals surface area contributed by atoms with Gasteiger partial charge in [0.25, 0.3) is 0 Å². The molecule has 0 amide bonds. The molecule has 41 heavy (non-hydrogen) atoms. The van der Waals surface area contributed by atoms with Crippen molar-refractivity contribution < 1.29 is 49.6 Å². The van der Waals surface area contributed by atoms with Gasteiger partial charge in [-0.25, -0.2) is 0 Å². The molecule has 232 valence electrons. The Morgan fingerprint density at radius 2 is 0.829 bits per heavy atom.